The molecule has 1 heterocycles. The number of benzene rings is 2. The van der Waals surface area contributed by atoms with Gasteiger partial charge in [-0.25, -0.2) is 5.43 Å². The van der Waals surface area contributed by atoms with E-state index in [1.54, 1.807) is 42.7 Å². The Balaban J connectivity index is 1.66. The number of aromatic nitrogens is 1. The maximum atomic E-state index is 12.0. The van der Waals surface area contributed by atoms with Gasteiger partial charge in [-0.2, -0.15) is 5.10 Å². The second-order valence-corrected chi connectivity index (χ2v) is 7.27. The quantitative estimate of drug-likeness (QED) is 0.425. The van der Waals surface area contributed by atoms with E-state index in [-0.39, 0.29) is 5.91 Å². The molecule has 3 aromatic rings. The molecule has 0 bridgehead atoms. The largest absolute Gasteiger partial charge is 0.488 e. The maximum absolute atomic E-state index is 12.0. The average molecular weight is 428 g/mol. The molecule has 3 rings (SSSR count). The molecule has 7 heteroatoms. The molecule has 0 spiro atoms. The molecule has 0 radical (unpaired) electrons. The van der Waals surface area contributed by atoms with Crippen LogP contribution in [0.25, 0.3) is 0 Å². The molecular formula is C22H19Cl2N3O2. The smallest absolute Gasteiger partial charge is 0.289 e. The van der Waals surface area contributed by atoms with E-state index in [1.165, 1.54) is 0 Å². The van der Waals surface area contributed by atoms with Crippen molar-refractivity contribution in [2.45, 2.75) is 20.5 Å². The molecule has 29 heavy (non-hydrogen) atoms. The third-order valence-electron chi connectivity index (χ3n) is 4.15. The number of rotatable bonds is 6. The molecule has 1 N–H and O–H groups in total. The molecule has 0 aliphatic carbocycles. The van der Waals surface area contributed by atoms with Gasteiger partial charge < -0.3 is 4.74 Å². The van der Waals surface area contributed by atoms with Crippen molar-refractivity contribution in [3.8, 4) is 5.75 Å². The first-order valence-electron chi connectivity index (χ1n) is 8.86. The molecule has 0 fully saturated rings. The average Bonchev–Trinajstić information content (AvgIpc) is 2.69. The second-order valence-electron chi connectivity index (χ2n) is 6.42. The molecule has 1 aromatic heterocycles. The summed E-state index contributed by atoms with van der Waals surface area (Å²) in [6.45, 7) is 4.25. The number of hydrogen-bond acceptors (Lipinski definition) is 4. The van der Waals surface area contributed by atoms with Gasteiger partial charge in [-0.3, -0.25) is 9.78 Å². The van der Waals surface area contributed by atoms with Gasteiger partial charge in [0.15, 0.2) is 0 Å². The molecular weight excluding hydrogens is 409 g/mol. The van der Waals surface area contributed by atoms with Crippen LogP contribution in [-0.2, 0) is 6.61 Å². The van der Waals surface area contributed by atoms with Crippen LogP contribution in [0.4, 0.5) is 0 Å². The molecule has 1 amide bonds. The fourth-order valence-electron chi connectivity index (χ4n) is 2.79. The van der Waals surface area contributed by atoms with Gasteiger partial charge in [0.25, 0.3) is 5.91 Å². The summed E-state index contributed by atoms with van der Waals surface area (Å²) in [6.07, 6.45) is 3.14. The highest BCUT2D eigenvalue weighted by Gasteiger charge is 2.09. The number of halogens is 2. The van der Waals surface area contributed by atoms with Crippen LogP contribution in [0.15, 0.2) is 59.8 Å². The van der Waals surface area contributed by atoms with Gasteiger partial charge in [-0.1, -0.05) is 35.3 Å². The lowest BCUT2D eigenvalue weighted by atomic mass is 10.1. The molecule has 0 aliphatic rings. The Morgan fingerprint density at radius 2 is 1.90 bits per heavy atom. The molecule has 0 atom stereocenters. The van der Waals surface area contributed by atoms with Crippen molar-refractivity contribution in [2.75, 3.05) is 0 Å². The maximum Gasteiger partial charge on any atom is 0.289 e. The van der Waals surface area contributed by atoms with Crippen molar-refractivity contribution in [1.29, 1.82) is 0 Å². The number of nitrogens with one attached hydrogen (secondary N) is 1. The molecule has 0 unspecified atom stereocenters. The highest BCUT2D eigenvalue weighted by Crippen LogP contribution is 2.27. The Morgan fingerprint density at radius 1 is 1.14 bits per heavy atom. The van der Waals surface area contributed by atoms with Crippen molar-refractivity contribution in [1.82, 2.24) is 10.4 Å². The zero-order chi connectivity index (χ0) is 20.8. The summed E-state index contributed by atoms with van der Waals surface area (Å²) < 4.78 is 5.98. The van der Waals surface area contributed by atoms with Gasteiger partial charge in [0.2, 0.25) is 0 Å². The van der Waals surface area contributed by atoms with Gasteiger partial charge >= 0.3 is 0 Å². The van der Waals surface area contributed by atoms with Crippen molar-refractivity contribution >= 4 is 35.3 Å². The highest BCUT2D eigenvalue weighted by atomic mass is 35.5. The number of carbonyl (C=O) groups is 1. The van der Waals surface area contributed by atoms with E-state index >= 15 is 0 Å². The zero-order valence-corrected chi connectivity index (χ0v) is 17.5. The minimum atomic E-state index is -0.366. The minimum Gasteiger partial charge on any atom is -0.488 e. The summed E-state index contributed by atoms with van der Waals surface area (Å²) in [7, 11) is 0. The van der Waals surface area contributed by atoms with E-state index in [0.717, 1.165) is 28.0 Å². The van der Waals surface area contributed by atoms with Crippen LogP contribution in [0, 0.1) is 13.8 Å². The minimum absolute atomic E-state index is 0.307. The normalized spacial score (nSPS) is 10.9. The lowest BCUT2D eigenvalue weighted by molar-refractivity contribution is 0.0950. The summed E-state index contributed by atoms with van der Waals surface area (Å²) in [6, 6.07) is 14.3. The number of aryl methyl sites for hydroxylation is 2. The van der Waals surface area contributed by atoms with E-state index in [0.29, 0.717) is 22.3 Å². The van der Waals surface area contributed by atoms with E-state index in [1.807, 2.05) is 32.0 Å². The number of pyridine rings is 1. The first kappa shape index (κ1) is 20.8. The Labute approximate surface area is 179 Å². The third-order valence-corrected chi connectivity index (χ3v) is 4.73. The topological polar surface area (TPSA) is 63.6 Å². The van der Waals surface area contributed by atoms with Crippen LogP contribution in [-0.4, -0.2) is 17.1 Å². The number of amides is 1. The van der Waals surface area contributed by atoms with Gasteiger partial charge in [0.05, 0.1) is 6.21 Å². The van der Waals surface area contributed by atoms with Crippen molar-refractivity contribution in [3.63, 3.8) is 0 Å². The van der Waals surface area contributed by atoms with Crippen LogP contribution in [0.1, 0.15) is 32.7 Å². The predicted octanol–water partition coefficient (Wildman–Crippen LogP) is 5.35. The standard InChI is InChI=1S/C22H19Cl2N3O2/c1-14-9-16(12-26-27-22(28)20-5-3-4-8-25-20)10-15(2)21(14)29-13-17-6-7-18(23)11-19(17)24/h3-12H,13H2,1-2H3,(H,27,28)/b26-12-. The monoisotopic (exact) mass is 427 g/mol. The van der Waals surface area contributed by atoms with Gasteiger partial charge in [-0.05, 0) is 66.9 Å². The molecule has 2 aromatic carbocycles. The van der Waals surface area contributed by atoms with E-state index in [9.17, 15) is 4.79 Å². The lowest BCUT2D eigenvalue weighted by Crippen LogP contribution is -2.18. The van der Waals surface area contributed by atoms with Crippen LogP contribution >= 0.6 is 23.2 Å². The van der Waals surface area contributed by atoms with Gasteiger partial charge in [0.1, 0.15) is 18.1 Å². The fraction of sp³-hybridized carbons (Fsp3) is 0.136. The number of hydrogen-bond donors (Lipinski definition) is 1. The zero-order valence-electron chi connectivity index (χ0n) is 15.9. The molecule has 0 saturated carbocycles. The van der Waals surface area contributed by atoms with Crippen molar-refractivity contribution < 1.29 is 9.53 Å². The van der Waals surface area contributed by atoms with Crippen molar-refractivity contribution in [3.05, 3.63) is 92.7 Å². The predicted molar refractivity (Wildman–Crippen MR) is 116 cm³/mol. The Bertz CT molecular complexity index is 1030. The van der Waals surface area contributed by atoms with Gasteiger partial charge in [0, 0.05) is 21.8 Å². The van der Waals surface area contributed by atoms with E-state index in [4.69, 9.17) is 27.9 Å². The highest BCUT2D eigenvalue weighted by molar-refractivity contribution is 6.35. The number of carbonyl (C=O) groups excluding carboxylic acids is 1. The molecule has 0 aliphatic heterocycles. The Kier molecular flexibility index (Phi) is 6.86. The van der Waals surface area contributed by atoms with Crippen LogP contribution in [0.3, 0.4) is 0 Å². The van der Waals surface area contributed by atoms with Gasteiger partial charge in [-0.15, -0.1) is 0 Å². The number of nitrogens with zero attached hydrogens (tertiary/aromatic N) is 2. The van der Waals surface area contributed by atoms with Crippen LogP contribution in [0.2, 0.25) is 10.0 Å². The summed E-state index contributed by atoms with van der Waals surface area (Å²) in [5.41, 5.74) is 6.38. The SMILES string of the molecule is Cc1cc(/C=N\NC(=O)c2ccccn2)cc(C)c1OCc1ccc(Cl)cc1Cl. The Hall–Kier alpha value is -2.89. The first-order chi connectivity index (χ1) is 13.9. The summed E-state index contributed by atoms with van der Waals surface area (Å²) in [5.74, 6) is 0.417. The van der Waals surface area contributed by atoms with Crippen LogP contribution < -0.4 is 10.2 Å². The number of ether oxygens (including phenoxy) is 1. The van der Waals surface area contributed by atoms with Crippen LogP contribution in [0.5, 0.6) is 5.75 Å². The summed E-state index contributed by atoms with van der Waals surface area (Å²) >= 11 is 12.1. The van der Waals surface area contributed by atoms with E-state index in [2.05, 4.69) is 15.5 Å². The lowest BCUT2D eigenvalue weighted by Gasteiger charge is -2.14. The fourth-order valence-corrected chi connectivity index (χ4v) is 3.26. The second kappa shape index (κ2) is 9.54. The molecule has 148 valence electrons. The third kappa shape index (κ3) is 5.56. The van der Waals surface area contributed by atoms with Crippen molar-refractivity contribution in [2.24, 2.45) is 5.10 Å². The first-order valence-corrected chi connectivity index (χ1v) is 9.62. The summed E-state index contributed by atoms with van der Waals surface area (Å²) in [4.78, 5) is 15.9. The number of hydrazone groups is 1. The molecule has 5 nitrogen and oxygen atoms in total. The Morgan fingerprint density at radius 3 is 2.55 bits per heavy atom. The van der Waals surface area contributed by atoms with E-state index < -0.39 is 0 Å². The summed E-state index contributed by atoms with van der Waals surface area (Å²) in [5, 5.41) is 5.17. The molecule has 0 saturated heterocycles.